The van der Waals surface area contributed by atoms with E-state index in [0.717, 1.165) is 4.47 Å². The molecule has 0 saturated heterocycles. The van der Waals surface area contributed by atoms with Gasteiger partial charge in [-0.15, -0.1) is 0 Å². The van der Waals surface area contributed by atoms with E-state index >= 15 is 0 Å². The van der Waals surface area contributed by atoms with Crippen molar-refractivity contribution in [3.8, 4) is 11.5 Å². The highest BCUT2D eigenvalue weighted by Gasteiger charge is 2.13. The maximum atomic E-state index is 12.3. The normalized spacial score (nSPS) is 10.6. The maximum Gasteiger partial charge on any atom is 0.343 e. The molecular formula is C21H16BrN3O4. The Hall–Kier alpha value is -3.52. The van der Waals surface area contributed by atoms with Gasteiger partial charge in [-0.25, -0.2) is 10.2 Å². The zero-order chi connectivity index (χ0) is 20.6. The number of nitrogens with one attached hydrogen (secondary N) is 1. The number of amides is 1. The minimum atomic E-state index is -0.504. The largest absolute Gasteiger partial charge is 0.493 e. The second kappa shape index (κ2) is 9.61. The van der Waals surface area contributed by atoms with Gasteiger partial charge in [0.15, 0.2) is 11.5 Å². The van der Waals surface area contributed by atoms with Crippen LogP contribution >= 0.6 is 15.9 Å². The number of benzene rings is 2. The van der Waals surface area contributed by atoms with Gasteiger partial charge < -0.3 is 9.47 Å². The molecular weight excluding hydrogens is 438 g/mol. The Morgan fingerprint density at radius 3 is 2.55 bits per heavy atom. The van der Waals surface area contributed by atoms with Crippen LogP contribution in [0.15, 0.2) is 76.6 Å². The first kappa shape index (κ1) is 20.2. The molecule has 146 valence electrons. The number of halogens is 1. The molecule has 0 aliphatic heterocycles. The molecule has 0 aliphatic rings. The molecule has 3 rings (SSSR count). The first-order chi connectivity index (χ1) is 14.1. The summed E-state index contributed by atoms with van der Waals surface area (Å²) in [5, 5.41) is 3.93. The second-order valence-electron chi connectivity index (χ2n) is 5.75. The fourth-order valence-corrected chi connectivity index (χ4v) is 2.76. The van der Waals surface area contributed by atoms with E-state index in [-0.39, 0.29) is 11.7 Å². The van der Waals surface area contributed by atoms with E-state index in [1.807, 2.05) is 6.07 Å². The van der Waals surface area contributed by atoms with Crippen LogP contribution < -0.4 is 14.9 Å². The quantitative estimate of drug-likeness (QED) is 0.265. The predicted molar refractivity (Wildman–Crippen MR) is 111 cm³/mol. The van der Waals surface area contributed by atoms with Gasteiger partial charge in [0.05, 0.1) is 18.9 Å². The number of esters is 1. The zero-order valence-electron chi connectivity index (χ0n) is 15.3. The highest BCUT2D eigenvalue weighted by atomic mass is 79.9. The molecule has 1 heterocycles. The van der Waals surface area contributed by atoms with E-state index in [4.69, 9.17) is 9.47 Å². The number of hydrogen-bond acceptors (Lipinski definition) is 6. The summed E-state index contributed by atoms with van der Waals surface area (Å²) < 4.78 is 11.5. The minimum Gasteiger partial charge on any atom is -0.493 e. The highest BCUT2D eigenvalue weighted by molar-refractivity contribution is 9.10. The number of nitrogens with zero attached hydrogens (tertiary/aromatic N) is 2. The van der Waals surface area contributed by atoms with Crippen molar-refractivity contribution >= 4 is 34.0 Å². The Morgan fingerprint density at radius 2 is 1.83 bits per heavy atom. The van der Waals surface area contributed by atoms with Crippen molar-refractivity contribution in [3.05, 3.63) is 88.2 Å². The van der Waals surface area contributed by atoms with Crippen LogP contribution in [-0.2, 0) is 0 Å². The number of pyridine rings is 1. The van der Waals surface area contributed by atoms with E-state index in [1.165, 1.54) is 25.7 Å². The number of ether oxygens (including phenoxy) is 2. The van der Waals surface area contributed by atoms with Gasteiger partial charge in [-0.3, -0.25) is 9.78 Å². The number of carbonyl (C=O) groups excluding carboxylic acids is 2. The summed E-state index contributed by atoms with van der Waals surface area (Å²) in [6.07, 6.45) is 4.51. The molecule has 0 aliphatic carbocycles. The Labute approximate surface area is 175 Å². The van der Waals surface area contributed by atoms with Gasteiger partial charge in [-0.05, 0) is 54.1 Å². The molecule has 0 spiro atoms. The number of rotatable bonds is 6. The molecule has 3 aromatic rings. The lowest BCUT2D eigenvalue weighted by molar-refractivity contribution is 0.0729. The Balaban J connectivity index is 1.68. The van der Waals surface area contributed by atoms with Crippen LogP contribution in [0.5, 0.6) is 11.5 Å². The van der Waals surface area contributed by atoms with Gasteiger partial charge >= 0.3 is 5.97 Å². The molecule has 0 fully saturated rings. The second-order valence-corrected chi connectivity index (χ2v) is 6.66. The molecule has 0 radical (unpaired) electrons. The molecule has 0 atom stereocenters. The number of hydrogen-bond donors (Lipinski definition) is 1. The topological polar surface area (TPSA) is 89.9 Å². The SMILES string of the molecule is COc1cc(C=NNC(=O)c2ccncc2)ccc1OC(=O)c1cccc(Br)c1. The van der Waals surface area contributed by atoms with E-state index in [0.29, 0.717) is 22.4 Å². The van der Waals surface area contributed by atoms with Crippen LogP contribution in [0.25, 0.3) is 0 Å². The lowest BCUT2D eigenvalue weighted by atomic mass is 10.2. The molecule has 0 unspecified atom stereocenters. The van der Waals surface area contributed by atoms with Crippen LogP contribution in [0, 0.1) is 0 Å². The molecule has 29 heavy (non-hydrogen) atoms. The molecule has 0 saturated carbocycles. The van der Waals surface area contributed by atoms with Crippen molar-refractivity contribution in [2.24, 2.45) is 5.10 Å². The van der Waals surface area contributed by atoms with Crippen molar-refractivity contribution < 1.29 is 19.1 Å². The zero-order valence-corrected chi connectivity index (χ0v) is 16.9. The molecule has 0 bridgehead atoms. The van der Waals surface area contributed by atoms with Gasteiger partial charge in [-0.1, -0.05) is 22.0 Å². The number of hydrazone groups is 1. The number of carbonyl (C=O) groups is 2. The first-order valence-corrected chi connectivity index (χ1v) is 9.25. The average molecular weight is 454 g/mol. The van der Waals surface area contributed by atoms with Gasteiger partial charge in [0, 0.05) is 22.4 Å². The Kier molecular flexibility index (Phi) is 6.70. The van der Waals surface area contributed by atoms with Crippen LogP contribution in [0.3, 0.4) is 0 Å². The van der Waals surface area contributed by atoms with Crippen molar-refractivity contribution in [1.29, 1.82) is 0 Å². The molecule has 1 amide bonds. The van der Waals surface area contributed by atoms with Crippen LogP contribution in [0.1, 0.15) is 26.3 Å². The maximum absolute atomic E-state index is 12.3. The average Bonchev–Trinajstić information content (AvgIpc) is 2.75. The van der Waals surface area contributed by atoms with Crippen LogP contribution in [0.2, 0.25) is 0 Å². The number of methoxy groups -OCH3 is 1. The monoisotopic (exact) mass is 453 g/mol. The third kappa shape index (κ3) is 5.49. The van der Waals surface area contributed by atoms with Crippen molar-refractivity contribution in [2.75, 3.05) is 7.11 Å². The van der Waals surface area contributed by atoms with Crippen molar-refractivity contribution in [3.63, 3.8) is 0 Å². The first-order valence-electron chi connectivity index (χ1n) is 8.46. The summed E-state index contributed by atoms with van der Waals surface area (Å²) in [5.41, 5.74) is 3.94. The molecule has 7 nitrogen and oxygen atoms in total. The van der Waals surface area contributed by atoms with Gasteiger partial charge in [0.25, 0.3) is 5.91 Å². The smallest absolute Gasteiger partial charge is 0.343 e. The molecule has 2 aromatic carbocycles. The van der Waals surface area contributed by atoms with E-state index in [2.05, 4.69) is 31.4 Å². The third-order valence-corrected chi connectivity index (χ3v) is 4.27. The lowest BCUT2D eigenvalue weighted by Crippen LogP contribution is -2.17. The summed E-state index contributed by atoms with van der Waals surface area (Å²) in [6.45, 7) is 0. The molecule has 1 N–H and O–H groups in total. The molecule has 1 aromatic heterocycles. The Bertz CT molecular complexity index is 1050. The lowest BCUT2D eigenvalue weighted by Gasteiger charge is -2.10. The van der Waals surface area contributed by atoms with Crippen molar-refractivity contribution in [1.82, 2.24) is 10.4 Å². The number of aromatic nitrogens is 1. The third-order valence-electron chi connectivity index (χ3n) is 3.77. The fraction of sp³-hybridized carbons (Fsp3) is 0.0476. The van der Waals surface area contributed by atoms with Gasteiger partial charge in [0.2, 0.25) is 0 Å². The van der Waals surface area contributed by atoms with Gasteiger partial charge in [-0.2, -0.15) is 5.10 Å². The van der Waals surface area contributed by atoms with E-state index < -0.39 is 5.97 Å². The fourth-order valence-electron chi connectivity index (χ4n) is 2.36. The summed E-state index contributed by atoms with van der Waals surface area (Å²) >= 11 is 3.32. The van der Waals surface area contributed by atoms with Crippen molar-refractivity contribution in [2.45, 2.75) is 0 Å². The highest BCUT2D eigenvalue weighted by Crippen LogP contribution is 2.28. The predicted octanol–water partition coefficient (Wildman–Crippen LogP) is 3.84. The Morgan fingerprint density at radius 1 is 1.03 bits per heavy atom. The summed E-state index contributed by atoms with van der Waals surface area (Å²) in [6, 6.07) is 15.0. The summed E-state index contributed by atoms with van der Waals surface area (Å²) in [5.74, 6) is -0.223. The van der Waals surface area contributed by atoms with E-state index in [1.54, 1.807) is 48.5 Å². The van der Waals surface area contributed by atoms with Gasteiger partial charge in [0.1, 0.15) is 0 Å². The van der Waals surface area contributed by atoms with Crippen LogP contribution in [-0.4, -0.2) is 30.2 Å². The van der Waals surface area contributed by atoms with Crippen LogP contribution in [0.4, 0.5) is 0 Å². The summed E-state index contributed by atoms with van der Waals surface area (Å²) in [4.78, 5) is 28.1. The standard InChI is InChI=1S/C21H16BrN3O4/c1-28-19-11-14(13-24-25-20(26)15-7-9-23-10-8-15)5-6-18(19)29-21(27)16-3-2-4-17(22)12-16/h2-13H,1H3,(H,25,26). The van der Waals surface area contributed by atoms with E-state index in [9.17, 15) is 9.59 Å². The molecule has 8 heteroatoms. The summed E-state index contributed by atoms with van der Waals surface area (Å²) in [7, 11) is 1.47. The minimum absolute atomic E-state index is 0.274.